The van der Waals surface area contributed by atoms with Crippen molar-refractivity contribution in [3.63, 3.8) is 0 Å². The van der Waals surface area contributed by atoms with Crippen LogP contribution in [0, 0.1) is 24.0 Å². The number of aromatic nitrogens is 3. The van der Waals surface area contributed by atoms with Crippen LogP contribution in [0.25, 0.3) is 32.9 Å². The molecule has 6 rings (SSSR count). The molecule has 8 nitrogen and oxygen atoms in total. The van der Waals surface area contributed by atoms with Crippen LogP contribution in [0.3, 0.4) is 0 Å². The maximum absolute atomic E-state index is 16.3. The standard InChI is InChI=1S/C33H31F3N6O2/c1-4-23-26(35)11-10-20-7-5-8-24(28(20)23)30-29(36)31-25(17-37-30)32(39-33(38-31)44-3)40(2)22-13-16-42(19-22)27(43)9-6-14-41-15-12-21(34)18-41/h1,5-11,17,21-22H,12-16,18-19H2,2-3H3/b9-6+. The maximum atomic E-state index is 16.3. The number of rotatable bonds is 7. The minimum atomic E-state index is -0.801. The van der Waals surface area contributed by atoms with E-state index in [-0.39, 0.29) is 34.7 Å². The lowest BCUT2D eigenvalue weighted by Crippen LogP contribution is -2.36. The van der Waals surface area contributed by atoms with Gasteiger partial charge in [-0.3, -0.25) is 14.7 Å². The van der Waals surface area contributed by atoms with Gasteiger partial charge in [0.2, 0.25) is 5.91 Å². The summed E-state index contributed by atoms with van der Waals surface area (Å²) in [5.41, 5.74) is 0.333. The third-order valence-electron chi connectivity index (χ3n) is 8.42. The van der Waals surface area contributed by atoms with Crippen LogP contribution in [0.2, 0.25) is 0 Å². The monoisotopic (exact) mass is 600 g/mol. The van der Waals surface area contributed by atoms with E-state index in [0.717, 1.165) is 0 Å². The Balaban J connectivity index is 1.29. The van der Waals surface area contributed by atoms with Gasteiger partial charge >= 0.3 is 6.01 Å². The maximum Gasteiger partial charge on any atom is 0.318 e. The number of terminal acetylenes is 1. The number of hydrogen-bond acceptors (Lipinski definition) is 7. The lowest BCUT2D eigenvalue weighted by molar-refractivity contribution is -0.125. The van der Waals surface area contributed by atoms with Crippen molar-refractivity contribution in [2.75, 3.05) is 51.8 Å². The molecule has 0 aliphatic carbocycles. The molecule has 4 heterocycles. The molecule has 2 fully saturated rings. The van der Waals surface area contributed by atoms with Crippen LogP contribution in [-0.2, 0) is 4.79 Å². The second kappa shape index (κ2) is 12.1. The van der Waals surface area contributed by atoms with Gasteiger partial charge in [-0.15, -0.1) is 6.42 Å². The van der Waals surface area contributed by atoms with E-state index in [1.807, 2.05) is 16.8 Å². The number of likely N-dealkylation sites (N-methyl/N-ethyl adjacent to an activating group) is 1. The zero-order valence-corrected chi connectivity index (χ0v) is 24.4. The summed E-state index contributed by atoms with van der Waals surface area (Å²) in [6, 6.07) is 7.89. The van der Waals surface area contributed by atoms with E-state index in [4.69, 9.17) is 11.2 Å². The zero-order valence-electron chi connectivity index (χ0n) is 24.4. The van der Waals surface area contributed by atoms with Gasteiger partial charge in [-0.25, -0.2) is 13.2 Å². The predicted molar refractivity (Wildman–Crippen MR) is 163 cm³/mol. The summed E-state index contributed by atoms with van der Waals surface area (Å²) in [6.45, 7) is 2.61. The van der Waals surface area contributed by atoms with Crippen molar-refractivity contribution in [2.45, 2.75) is 25.1 Å². The number of methoxy groups -OCH3 is 1. The molecule has 2 aliphatic rings. The lowest BCUT2D eigenvalue weighted by Gasteiger charge is -2.27. The second-order valence-corrected chi connectivity index (χ2v) is 11.1. The fourth-order valence-corrected chi connectivity index (χ4v) is 6.05. The Kier molecular flexibility index (Phi) is 8.10. The minimum Gasteiger partial charge on any atom is -0.467 e. The smallest absolute Gasteiger partial charge is 0.318 e. The number of pyridine rings is 1. The Morgan fingerprint density at radius 1 is 1.18 bits per heavy atom. The molecular formula is C33H31F3N6O2. The number of ether oxygens (including phenoxy) is 1. The van der Waals surface area contributed by atoms with Crippen molar-refractivity contribution >= 4 is 33.4 Å². The van der Waals surface area contributed by atoms with Crippen molar-refractivity contribution in [3.05, 3.63) is 65.9 Å². The highest BCUT2D eigenvalue weighted by Crippen LogP contribution is 2.37. The van der Waals surface area contributed by atoms with Crippen LogP contribution in [-0.4, -0.2) is 89.8 Å². The highest BCUT2D eigenvalue weighted by Gasteiger charge is 2.31. The number of halogens is 3. The minimum absolute atomic E-state index is 0.00865. The fraction of sp³-hybridized carbons (Fsp3) is 0.333. The van der Waals surface area contributed by atoms with Gasteiger partial charge in [-0.05, 0) is 24.3 Å². The average molecular weight is 601 g/mol. The highest BCUT2D eigenvalue weighted by molar-refractivity contribution is 6.02. The quantitative estimate of drug-likeness (QED) is 0.224. The van der Waals surface area contributed by atoms with E-state index >= 15 is 4.39 Å². The summed E-state index contributed by atoms with van der Waals surface area (Å²) < 4.78 is 49.7. The summed E-state index contributed by atoms with van der Waals surface area (Å²) in [7, 11) is 3.23. The molecule has 2 saturated heterocycles. The van der Waals surface area contributed by atoms with Crippen molar-refractivity contribution in [1.29, 1.82) is 0 Å². The lowest BCUT2D eigenvalue weighted by atomic mass is 9.96. The SMILES string of the molecule is C#Cc1c(F)ccc2cccc(-c3ncc4c(N(C)C5CCN(C(=O)/C=C/CN6CCC(F)C6)C5)nc(OC)nc4c3F)c12. The van der Waals surface area contributed by atoms with Crippen molar-refractivity contribution in [1.82, 2.24) is 24.8 Å². The Hall–Kier alpha value is -4.69. The number of carbonyl (C=O) groups is 1. The first-order valence-electron chi connectivity index (χ1n) is 14.4. The first kappa shape index (κ1) is 29.4. The predicted octanol–water partition coefficient (Wildman–Crippen LogP) is 4.75. The third-order valence-corrected chi connectivity index (χ3v) is 8.42. The van der Waals surface area contributed by atoms with Crippen LogP contribution in [0.15, 0.2) is 48.7 Å². The number of alkyl halides is 1. The van der Waals surface area contributed by atoms with E-state index in [1.165, 1.54) is 19.4 Å². The third kappa shape index (κ3) is 5.42. The van der Waals surface area contributed by atoms with E-state index < -0.39 is 17.8 Å². The molecule has 2 atom stereocenters. The number of likely N-dealkylation sites (tertiary alicyclic amines) is 2. The van der Waals surface area contributed by atoms with Crippen LogP contribution in [0.1, 0.15) is 18.4 Å². The molecule has 0 bridgehead atoms. The normalized spacial score (nSPS) is 18.9. The van der Waals surface area contributed by atoms with Gasteiger partial charge in [0, 0.05) is 69.0 Å². The molecule has 4 aromatic rings. The van der Waals surface area contributed by atoms with E-state index in [1.54, 1.807) is 41.3 Å². The van der Waals surface area contributed by atoms with Gasteiger partial charge < -0.3 is 14.5 Å². The van der Waals surface area contributed by atoms with E-state index in [0.29, 0.717) is 73.1 Å². The fourth-order valence-electron chi connectivity index (χ4n) is 6.05. The number of hydrogen-bond donors (Lipinski definition) is 0. The van der Waals surface area contributed by atoms with Gasteiger partial charge in [-0.2, -0.15) is 9.97 Å². The van der Waals surface area contributed by atoms with Gasteiger partial charge in [0.25, 0.3) is 0 Å². The number of fused-ring (bicyclic) bond motifs is 2. The molecule has 0 saturated carbocycles. The average Bonchev–Trinajstić information content (AvgIpc) is 3.70. The summed E-state index contributed by atoms with van der Waals surface area (Å²) in [5, 5.41) is 1.40. The molecule has 44 heavy (non-hydrogen) atoms. The first-order valence-corrected chi connectivity index (χ1v) is 14.4. The Bertz CT molecular complexity index is 1820. The summed E-state index contributed by atoms with van der Waals surface area (Å²) in [4.78, 5) is 31.8. The number of benzene rings is 2. The van der Waals surface area contributed by atoms with Gasteiger partial charge in [-0.1, -0.05) is 36.3 Å². The second-order valence-electron chi connectivity index (χ2n) is 11.1. The van der Waals surface area contributed by atoms with Gasteiger partial charge in [0.15, 0.2) is 5.82 Å². The van der Waals surface area contributed by atoms with Gasteiger partial charge in [0.1, 0.15) is 29.0 Å². The zero-order chi connectivity index (χ0) is 31.0. The molecule has 2 aromatic carbocycles. The van der Waals surface area contributed by atoms with Crippen LogP contribution < -0.4 is 9.64 Å². The molecule has 11 heteroatoms. The van der Waals surface area contributed by atoms with Crippen LogP contribution in [0.4, 0.5) is 19.0 Å². The highest BCUT2D eigenvalue weighted by atomic mass is 19.1. The van der Waals surface area contributed by atoms with Crippen molar-refractivity contribution in [3.8, 4) is 29.6 Å². The first-order chi connectivity index (χ1) is 21.3. The molecular weight excluding hydrogens is 569 g/mol. The van der Waals surface area contributed by atoms with Crippen LogP contribution >= 0.6 is 0 Å². The summed E-state index contributed by atoms with van der Waals surface area (Å²) >= 11 is 0. The van der Waals surface area contributed by atoms with Crippen molar-refractivity contribution < 1.29 is 22.7 Å². The molecule has 1 amide bonds. The molecule has 2 unspecified atom stereocenters. The molecule has 2 aromatic heterocycles. The van der Waals surface area contributed by atoms with Gasteiger partial charge in [0.05, 0.1) is 18.1 Å². The molecule has 0 N–H and O–H groups in total. The number of anilines is 1. The molecule has 226 valence electrons. The van der Waals surface area contributed by atoms with Crippen molar-refractivity contribution in [2.24, 2.45) is 0 Å². The summed E-state index contributed by atoms with van der Waals surface area (Å²) in [6.07, 6.45) is 10.9. The molecule has 0 spiro atoms. The Labute approximate surface area is 253 Å². The Morgan fingerprint density at radius 3 is 2.77 bits per heavy atom. The Morgan fingerprint density at radius 2 is 2.02 bits per heavy atom. The number of nitrogens with zero attached hydrogens (tertiary/aromatic N) is 6. The molecule has 0 radical (unpaired) electrons. The number of carbonyl (C=O) groups excluding carboxylic acids is 1. The van der Waals surface area contributed by atoms with E-state index in [2.05, 4.69) is 20.9 Å². The number of amides is 1. The largest absolute Gasteiger partial charge is 0.467 e. The summed E-state index contributed by atoms with van der Waals surface area (Å²) in [5.74, 6) is 1.38. The van der Waals surface area contributed by atoms with Crippen LogP contribution in [0.5, 0.6) is 6.01 Å². The molecule has 2 aliphatic heterocycles. The van der Waals surface area contributed by atoms with E-state index in [9.17, 15) is 13.6 Å². The topological polar surface area (TPSA) is 74.7 Å².